The average molecular weight is 316 g/mol. The lowest BCUT2D eigenvalue weighted by molar-refractivity contribution is 0.0930. The van der Waals surface area contributed by atoms with E-state index in [1.807, 2.05) is 0 Å². The summed E-state index contributed by atoms with van der Waals surface area (Å²) >= 11 is 0. The number of halogens is 1. The van der Waals surface area contributed by atoms with E-state index < -0.39 is 0 Å². The van der Waals surface area contributed by atoms with Crippen molar-refractivity contribution in [1.82, 2.24) is 10.3 Å². The van der Waals surface area contributed by atoms with E-state index >= 15 is 0 Å². The number of benzene rings is 1. The molecule has 120 valence electrons. The molecule has 2 N–H and O–H groups in total. The lowest BCUT2D eigenvalue weighted by atomic mass is 10.0. The number of carbonyl (C=O) groups excluding carboxylic acids is 2. The van der Waals surface area contributed by atoms with Crippen LogP contribution in [0.3, 0.4) is 0 Å². The van der Waals surface area contributed by atoms with E-state index in [-0.39, 0.29) is 23.5 Å². The SMILES string of the molecule is CC(=O)c1c[nH]c(C(=O)N[C@@H]2CCCOc3ccc(F)cc32)c1. The second kappa shape index (κ2) is 6.24. The second-order valence-electron chi connectivity index (χ2n) is 5.56. The zero-order chi connectivity index (χ0) is 16.4. The summed E-state index contributed by atoms with van der Waals surface area (Å²) in [7, 11) is 0. The van der Waals surface area contributed by atoms with Crippen LogP contribution < -0.4 is 10.1 Å². The van der Waals surface area contributed by atoms with Gasteiger partial charge < -0.3 is 15.0 Å². The summed E-state index contributed by atoms with van der Waals surface area (Å²) in [6.45, 7) is 1.97. The Morgan fingerprint density at radius 1 is 1.35 bits per heavy atom. The predicted octanol–water partition coefficient (Wildman–Crippen LogP) is 3.00. The molecule has 0 saturated carbocycles. The van der Waals surface area contributed by atoms with Crippen LogP contribution in [-0.4, -0.2) is 23.3 Å². The van der Waals surface area contributed by atoms with Crippen LogP contribution >= 0.6 is 0 Å². The summed E-state index contributed by atoms with van der Waals surface area (Å²) in [5, 5.41) is 2.88. The molecule has 0 spiro atoms. The van der Waals surface area contributed by atoms with E-state index in [9.17, 15) is 14.0 Å². The van der Waals surface area contributed by atoms with E-state index in [1.54, 1.807) is 6.07 Å². The maximum Gasteiger partial charge on any atom is 0.268 e. The lowest BCUT2D eigenvalue weighted by Crippen LogP contribution is -2.28. The Morgan fingerprint density at radius 3 is 2.91 bits per heavy atom. The number of hydrogen-bond donors (Lipinski definition) is 2. The predicted molar refractivity (Wildman–Crippen MR) is 82.1 cm³/mol. The molecule has 1 amide bonds. The molecule has 2 heterocycles. The summed E-state index contributed by atoms with van der Waals surface area (Å²) in [6.07, 6.45) is 2.91. The Hall–Kier alpha value is -2.63. The first-order valence-corrected chi connectivity index (χ1v) is 7.47. The highest BCUT2D eigenvalue weighted by Gasteiger charge is 2.23. The van der Waals surface area contributed by atoms with Crippen molar-refractivity contribution in [2.75, 3.05) is 6.61 Å². The van der Waals surface area contributed by atoms with Crippen LogP contribution in [0, 0.1) is 5.82 Å². The van der Waals surface area contributed by atoms with Crippen LogP contribution in [0.15, 0.2) is 30.5 Å². The molecule has 3 rings (SSSR count). The molecule has 6 heteroatoms. The zero-order valence-electron chi connectivity index (χ0n) is 12.7. The molecule has 0 unspecified atom stereocenters. The number of ketones is 1. The first kappa shape index (κ1) is 15.3. The van der Waals surface area contributed by atoms with Gasteiger partial charge in [0.25, 0.3) is 5.91 Å². The fourth-order valence-electron chi connectivity index (χ4n) is 2.66. The molecule has 1 aromatic heterocycles. The van der Waals surface area contributed by atoms with Crippen LogP contribution in [0.2, 0.25) is 0 Å². The van der Waals surface area contributed by atoms with E-state index in [1.165, 1.54) is 31.3 Å². The van der Waals surface area contributed by atoms with Crippen LogP contribution in [0.5, 0.6) is 5.75 Å². The molecule has 5 nitrogen and oxygen atoms in total. The number of hydrogen-bond acceptors (Lipinski definition) is 3. The highest BCUT2D eigenvalue weighted by Crippen LogP contribution is 2.32. The minimum atomic E-state index is -0.368. The molecule has 1 aliphatic rings. The standard InChI is InChI=1S/C17H17FN2O3/c1-10(21)11-7-15(19-9-11)17(22)20-14-3-2-6-23-16-5-4-12(18)8-13(14)16/h4-5,7-9,14,19H,2-3,6H2,1H3,(H,20,22)/t14-/m1/s1. The molecule has 0 saturated heterocycles. The van der Waals surface area contributed by atoms with Gasteiger partial charge in [0, 0.05) is 17.3 Å². The minimum Gasteiger partial charge on any atom is -0.493 e. The van der Waals surface area contributed by atoms with Gasteiger partial charge in [-0.1, -0.05) is 0 Å². The maximum absolute atomic E-state index is 13.5. The van der Waals surface area contributed by atoms with Crippen molar-refractivity contribution in [3.8, 4) is 5.75 Å². The Kier molecular flexibility index (Phi) is 4.14. The van der Waals surface area contributed by atoms with E-state index in [0.29, 0.717) is 35.6 Å². The van der Waals surface area contributed by atoms with Crippen LogP contribution in [0.25, 0.3) is 0 Å². The Balaban J connectivity index is 1.83. The summed E-state index contributed by atoms with van der Waals surface area (Å²) in [6, 6.07) is 5.49. The highest BCUT2D eigenvalue weighted by molar-refractivity contribution is 5.99. The molecular formula is C17H17FN2O3. The van der Waals surface area contributed by atoms with Crippen molar-refractivity contribution >= 4 is 11.7 Å². The van der Waals surface area contributed by atoms with E-state index in [4.69, 9.17) is 4.74 Å². The minimum absolute atomic E-state index is 0.115. The monoisotopic (exact) mass is 316 g/mol. The number of aromatic nitrogens is 1. The van der Waals surface area contributed by atoms with Gasteiger partial charge in [-0.05, 0) is 44.0 Å². The Morgan fingerprint density at radius 2 is 2.17 bits per heavy atom. The maximum atomic E-state index is 13.5. The van der Waals surface area contributed by atoms with Gasteiger partial charge >= 0.3 is 0 Å². The summed E-state index contributed by atoms with van der Waals surface area (Å²) < 4.78 is 19.1. The molecule has 2 aromatic rings. The Labute approximate surface area is 132 Å². The third-order valence-electron chi connectivity index (χ3n) is 3.88. The number of nitrogens with one attached hydrogen (secondary N) is 2. The Bertz CT molecular complexity index is 754. The van der Waals surface area contributed by atoms with Crippen LogP contribution in [0.1, 0.15) is 52.2 Å². The fraction of sp³-hybridized carbons (Fsp3) is 0.294. The van der Waals surface area contributed by atoms with Gasteiger partial charge in [0.1, 0.15) is 17.3 Å². The fourth-order valence-corrected chi connectivity index (χ4v) is 2.66. The molecule has 23 heavy (non-hydrogen) atoms. The molecule has 1 atom stereocenters. The van der Waals surface area contributed by atoms with Gasteiger partial charge in [0.05, 0.1) is 12.6 Å². The molecular weight excluding hydrogens is 299 g/mol. The van der Waals surface area contributed by atoms with Gasteiger partial charge in [0.2, 0.25) is 0 Å². The van der Waals surface area contributed by atoms with Crippen molar-refractivity contribution in [3.63, 3.8) is 0 Å². The van der Waals surface area contributed by atoms with Crippen molar-refractivity contribution in [1.29, 1.82) is 0 Å². The average Bonchev–Trinajstić information content (AvgIpc) is 2.94. The largest absolute Gasteiger partial charge is 0.493 e. The molecule has 1 aromatic carbocycles. The van der Waals surface area contributed by atoms with Gasteiger partial charge in [-0.3, -0.25) is 9.59 Å². The summed E-state index contributed by atoms with van der Waals surface area (Å²) in [5.74, 6) is -0.229. The highest BCUT2D eigenvalue weighted by atomic mass is 19.1. The molecule has 0 radical (unpaired) electrons. The first-order valence-electron chi connectivity index (χ1n) is 7.47. The first-order chi connectivity index (χ1) is 11.0. The number of rotatable bonds is 3. The third-order valence-corrected chi connectivity index (χ3v) is 3.88. The molecule has 0 bridgehead atoms. The normalized spacial score (nSPS) is 16.9. The third kappa shape index (κ3) is 3.26. The van der Waals surface area contributed by atoms with Crippen LogP contribution in [-0.2, 0) is 0 Å². The van der Waals surface area contributed by atoms with E-state index in [0.717, 1.165) is 6.42 Å². The summed E-state index contributed by atoms with van der Waals surface area (Å²) in [4.78, 5) is 26.5. The number of fused-ring (bicyclic) bond motifs is 1. The topological polar surface area (TPSA) is 71.2 Å². The lowest BCUT2D eigenvalue weighted by Gasteiger charge is -2.18. The summed E-state index contributed by atoms with van der Waals surface area (Å²) in [5.41, 5.74) is 1.39. The quantitative estimate of drug-likeness (QED) is 0.855. The number of amides is 1. The number of carbonyl (C=O) groups is 2. The van der Waals surface area contributed by atoms with Gasteiger partial charge in [-0.25, -0.2) is 4.39 Å². The zero-order valence-corrected chi connectivity index (χ0v) is 12.7. The number of H-pyrrole nitrogens is 1. The van der Waals surface area contributed by atoms with E-state index in [2.05, 4.69) is 10.3 Å². The van der Waals surface area contributed by atoms with Gasteiger partial charge in [-0.2, -0.15) is 0 Å². The number of Topliss-reactive ketones (excluding diaryl/α,β-unsaturated/α-hetero) is 1. The van der Waals surface area contributed by atoms with Crippen molar-refractivity contribution in [2.45, 2.75) is 25.8 Å². The molecule has 0 aliphatic carbocycles. The smallest absolute Gasteiger partial charge is 0.268 e. The van der Waals surface area contributed by atoms with Crippen LogP contribution in [0.4, 0.5) is 4.39 Å². The molecule has 0 fully saturated rings. The van der Waals surface area contributed by atoms with Crippen molar-refractivity contribution in [3.05, 3.63) is 53.1 Å². The number of aromatic amines is 1. The molecule has 1 aliphatic heterocycles. The van der Waals surface area contributed by atoms with Gasteiger partial charge in [0.15, 0.2) is 5.78 Å². The second-order valence-corrected chi connectivity index (χ2v) is 5.56. The number of ether oxygens (including phenoxy) is 1. The van der Waals surface area contributed by atoms with Crippen molar-refractivity contribution in [2.24, 2.45) is 0 Å². The van der Waals surface area contributed by atoms with Gasteiger partial charge in [-0.15, -0.1) is 0 Å². The van der Waals surface area contributed by atoms with Crippen molar-refractivity contribution < 1.29 is 18.7 Å².